The number of hydrogen-bond donors (Lipinski definition) is 1. The number of nitrogens with zero attached hydrogens (tertiary/aromatic N) is 1. The number of nitrogens with two attached hydrogens (primary N) is 1. The van der Waals surface area contributed by atoms with Crippen molar-refractivity contribution in [2.45, 2.75) is 12.8 Å². The topological polar surface area (TPSA) is 38.9 Å². The van der Waals surface area contributed by atoms with Gasteiger partial charge in [-0.1, -0.05) is 6.92 Å². The number of hydrogen-bond acceptors (Lipinski definition) is 2. The number of aromatic nitrogens is 1. The van der Waals surface area contributed by atoms with Crippen molar-refractivity contribution in [3.05, 3.63) is 29.8 Å². The fraction of sp³-hybridized carbons (Fsp3) is 0.375. The lowest BCUT2D eigenvalue weighted by Crippen LogP contribution is -2.10. The van der Waals surface area contributed by atoms with Crippen LogP contribution in [0.4, 0.5) is 4.39 Å². The summed E-state index contributed by atoms with van der Waals surface area (Å²) in [6.07, 6.45) is 1.21. The van der Waals surface area contributed by atoms with E-state index in [0.29, 0.717) is 6.54 Å². The maximum atomic E-state index is 12.4. The van der Waals surface area contributed by atoms with E-state index < -0.39 is 0 Å². The van der Waals surface area contributed by atoms with Crippen LogP contribution in [0.2, 0.25) is 0 Å². The lowest BCUT2D eigenvalue weighted by Gasteiger charge is -2.05. The lowest BCUT2D eigenvalue weighted by atomic mass is 10.1. The van der Waals surface area contributed by atoms with Crippen LogP contribution in [0.25, 0.3) is 0 Å². The molecule has 2 nitrogen and oxygen atoms in total. The van der Waals surface area contributed by atoms with E-state index in [9.17, 15) is 4.39 Å². The van der Waals surface area contributed by atoms with Crippen molar-refractivity contribution in [2.75, 3.05) is 6.54 Å². The summed E-state index contributed by atoms with van der Waals surface area (Å²) in [7, 11) is 0. The molecule has 0 fully saturated rings. The first-order chi connectivity index (χ1) is 5.24. The fourth-order valence-corrected chi connectivity index (χ4v) is 0.800. The monoisotopic (exact) mass is 154 g/mol. The van der Waals surface area contributed by atoms with Gasteiger partial charge in [0.1, 0.15) is 5.82 Å². The summed E-state index contributed by atoms with van der Waals surface area (Å²) in [5.41, 5.74) is 6.25. The van der Waals surface area contributed by atoms with Crippen molar-refractivity contribution in [1.29, 1.82) is 0 Å². The number of rotatable bonds is 2. The summed E-state index contributed by atoms with van der Waals surface area (Å²) in [5.74, 6) is -0.103. The third-order valence-corrected chi connectivity index (χ3v) is 1.61. The Balaban J connectivity index is 2.81. The SMILES string of the molecule is CC(CN)c1ccc(F)cn1. The number of halogens is 1. The van der Waals surface area contributed by atoms with Gasteiger partial charge in [-0.2, -0.15) is 0 Å². The molecular formula is C8H11FN2. The number of pyridine rings is 1. The van der Waals surface area contributed by atoms with Crippen LogP contribution < -0.4 is 5.73 Å². The second kappa shape index (κ2) is 3.44. The Bertz CT molecular complexity index is 220. The maximum Gasteiger partial charge on any atom is 0.141 e. The van der Waals surface area contributed by atoms with Crippen molar-refractivity contribution in [2.24, 2.45) is 5.73 Å². The van der Waals surface area contributed by atoms with E-state index in [1.165, 1.54) is 12.3 Å². The van der Waals surface area contributed by atoms with Crippen LogP contribution in [0.3, 0.4) is 0 Å². The molecule has 2 N–H and O–H groups in total. The maximum absolute atomic E-state index is 12.4. The fourth-order valence-electron chi connectivity index (χ4n) is 0.800. The molecule has 0 amide bonds. The molecule has 0 saturated carbocycles. The van der Waals surface area contributed by atoms with Crippen molar-refractivity contribution in [3.63, 3.8) is 0 Å². The van der Waals surface area contributed by atoms with E-state index in [4.69, 9.17) is 5.73 Å². The van der Waals surface area contributed by atoms with Crippen LogP contribution >= 0.6 is 0 Å². The summed E-state index contributed by atoms with van der Waals surface area (Å²) >= 11 is 0. The Morgan fingerprint density at radius 3 is 2.82 bits per heavy atom. The molecule has 0 aromatic carbocycles. The Morgan fingerprint density at radius 1 is 1.64 bits per heavy atom. The zero-order valence-corrected chi connectivity index (χ0v) is 6.42. The molecule has 3 heteroatoms. The molecule has 1 aromatic heterocycles. The minimum Gasteiger partial charge on any atom is -0.330 e. The third kappa shape index (κ3) is 1.98. The minimum absolute atomic E-state index is 0.204. The molecule has 1 atom stereocenters. The van der Waals surface area contributed by atoms with Gasteiger partial charge in [0.25, 0.3) is 0 Å². The molecule has 1 unspecified atom stereocenters. The van der Waals surface area contributed by atoms with Crippen molar-refractivity contribution >= 4 is 0 Å². The summed E-state index contributed by atoms with van der Waals surface area (Å²) in [6.45, 7) is 2.50. The standard InChI is InChI=1S/C8H11FN2/c1-6(4-10)8-3-2-7(9)5-11-8/h2-3,5-6H,4,10H2,1H3. The molecule has 0 aliphatic rings. The van der Waals surface area contributed by atoms with Crippen molar-refractivity contribution in [3.8, 4) is 0 Å². The predicted octanol–water partition coefficient (Wildman–Crippen LogP) is 1.28. The van der Waals surface area contributed by atoms with Crippen LogP contribution in [0.15, 0.2) is 18.3 Å². The Labute approximate surface area is 65.3 Å². The molecule has 0 spiro atoms. The zero-order chi connectivity index (χ0) is 8.27. The molecule has 11 heavy (non-hydrogen) atoms. The minimum atomic E-state index is -0.307. The van der Waals surface area contributed by atoms with Crippen LogP contribution in [-0.2, 0) is 0 Å². The molecular weight excluding hydrogens is 143 g/mol. The highest BCUT2D eigenvalue weighted by Crippen LogP contribution is 2.09. The van der Waals surface area contributed by atoms with Gasteiger partial charge in [-0.25, -0.2) is 4.39 Å². The Hall–Kier alpha value is -0.960. The van der Waals surface area contributed by atoms with Crippen molar-refractivity contribution in [1.82, 2.24) is 4.98 Å². The van der Waals surface area contributed by atoms with Crippen LogP contribution in [0.5, 0.6) is 0 Å². The van der Waals surface area contributed by atoms with Gasteiger partial charge in [-0.05, 0) is 12.1 Å². The summed E-state index contributed by atoms with van der Waals surface area (Å²) in [6, 6.07) is 3.06. The van der Waals surface area contributed by atoms with E-state index in [-0.39, 0.29) is 11.7 Å². The van der Waals surface area contributed by atoms with Crippen LogP contribution in [0, 0.1) is 5.82 Å². The molecule has 0 aliphatic carbocycles. The molecule has 0 bridgehead atoms. The molecule has 60 valence electrons. The molecule has 1 aromatic rings. The predicted molar refractivity (Wildman–Crippen MR) is 41.7 cm³/mol. The molecule has 0 aliphatic heterocycles. The first kappa shape index (κ1) is 8.14. The quantitative estimate of drug-likeness (QED) is 0.697. The second-order valence-corrected chi connectivity index (χ2v) is 2.54. The van der Waals surface area contributed by atoms with Gasteiger partial charge < -0.3 is 5.73 Å². The normalized spacial score (nSPS) is 13.0. The average molecular weight is 154 g/mol. The summed E-state index contributed by atoms with van der Waals surface area (Å²) in [5, 5.41) is 0. The smallest absolute Gasteiger partial charge is 0.141 e. The van der Waals surface area contributed by atoms with Gasteiger partial charge in [0.2, 0.25) is 0 Å². The molecule has 1 heterocycles. The van der Waals surface area contributed by atoms with Gasteiger partial charge in [0.15, 0.2) is 0 Å². The lowest BCUT2D eigenvalue weighted by molar-refractivity contribution is 0.615. The van der Waals surface area contributed by atoms with Crippen LogP contribution in [-0.4, -0.2) is 11.5 Å². The van der Waals surface area contributed by atoms with E-state index in [1.807, 2.05) is 6.92 Å². The zero-order valence-electron chi connectivity index (χ0n) is 6.42. The highest BCUT2D eigenvalue weighted by Gasteiger charge is 2.03. The van der Waals surface area contributed by atoms with Gasteiger partial charge in [0, 0.05) is 18.2 Å². The largest absolute Gasteiger partial charge is 0.330 e. The van der Waals surface area contributed by atoms with Gasteiger partial charge in [0.05, 0.1) is 6.20 Å². The first-order valence-electron chi connectivity index (χ1n) is 3.55. The van der Waals surface area contributed by atoms with Crippen molar-refractivity contribution < 1.29 is 4.39 Å². The van der Waals surface area contributed by atoms with E-state index >= 15 is 0 Å². The first-order valence-corrected chi connectivity index (χ1v) is 3.55. The second-order valence-electron chi connectivity index (χ2n) is 2.54. The van der Waals surface area contributed by atoms with Crippen LogP contribution in [0.1, 0.15) is 18.5 Å². The molecule has 0 radical (unpaired) electrons. The Kier molecular flexibility index (Phi) is 2.54. The Morgan fingerprint density at radius 2 is 2.36 bits per heavy atom. The molecule has 1 rings (SSSR count). The summed E-state index contributed by atoms with van der Waals surface area (Å²) in [4.78, 5) is 3.89. The third-order valence-electron chi connectivity index (χ3n) is 1.61. The van der Waals surface area contributed by atoms with Gasteiger partial charge in [-0.3, -0.25) is 4.98 Å². The highest BCUT2D eigenvalue weighted by atomic mass is 19.1. The highest BCUT2D eigenvalue weighted by molar-refractivity contribution is 5.09. The average Bonchev–Trinajstić information content (AvgIpc) is 2.05. The van der Waals surface area contributed by atoms with E-state index in [2.05, 4.69) is 4.98 Å². The summed E-state index contributed by atoms with van der Waals surface area (Å²) < 4.78 is 12.4. The van der Waals surface area contributed by atoms with Gasteiger partial charge in [-0.15, -0.1) is 0 Å². The van der Waals surface area contributed by atoms with Gasteiger partial charge >= 0.3 is 0 Å². The van der Waals surface area contributed by atoms with E-state index in [0.717, 1.165) is 5.69 Å². The molecule has 0 saturated heterocycles. The van der Waals surface area contributed by atoms with E-state index in [1.54, 1.807) is 6.07 Å².